The van der Waals surface area contributed by atoms with Crippen LogP contribution in [-0.4, -0.2) is 28.9 Å². The maximum Gasteiger partial charge on any atom is 0.325 e. The second-order valence-corrected chi connectivity index (χ2v) is 6.21. The van der Waals surface area contributed by atoms with Gasteiger partial charge in [-0.1, -0.05) is 18.2 Å². The molecule has 2 aromatic rings. The highest BCUT2D eigenvalue weighted by atomic mass is 16.4. The predicted molar refractivity (Wildman–Crippen MR) is 99.3 cm³/mol. The molecular formula is C20H22N2O4. The van der Waals surface area contributed by atoms with Gasteiger partial charge in [-0.2, -0.15) is 0 Å². The minimum atomic E-state index is -1.10. The number of anilines is 1. The molecule has 6 heteroatoms. The van der Waals surface area contributed by atoms with Crippen LogP contribution in [0.25, 0.3) is 0 Å². The number of carbonyl (C=O) groups excluding carboxylic acids is 2. The van der Waals surface area contributed by atoms with Crippen LogP contribution in [0.3, 0.4) is 0 Å². The lowest BCUT2D eigenvalue weighted by molar-refractivity contribution is -0.138. The van der Waals surface area contributed by atoms with Crippen molar-refractivity contribution in [1.29, 1.82) is 0 Å². The quantitative estimate of drug-likeness (QED) is 0.743. The van der Waals surface area contributed by atoms with Gasteiger partial charge in [-0.3, -0.25) is 14.4 Å². The molecule has 2 aromatic carbocycles. The topological polar surface area (TPSA) is 95.5 Å². The number of carboxylic acid groups (broad SMARTS) is 1. The number of carbonyl (C=O) groups is 3. The molecule has 0 saturated heterocycles. The number of nitrogens with one attached hydrogen (secondary N) is 2. The van der Waals surface area contributed by atoms with Gasteiger partial charge < -0.3 is 15.7 Å². The Hall–Kier alpha value is -3.15. The fourth-order valence-corrected chi connectivity index (χ4v) is 2.54. The summed E-state index contributed by atoms with van der Waals surface area (Å²) in [6.45, 7) is 5.34. The Morgan fingerprint density at radius 3 is 2.12 bits per heavy atom. The molecule has 0 heterocycles. The van der Waals surface area contributed by atoms with Crippen molar-refractivity contribution in [2.24, 2.45) is 0 Å². The van der Waals surface area contributed by atoms with Crippen LogP contribution in [-0.2, 0) is 16.0 Å². The number of benzene rings is 2. The number of aryl methyl sites for hydroxylation is 2. The third kappa shape index (κ3) is 4.92. The number of aliphatic carboxylic acids is 1. The van der Waals surface area contributed by atoms with E-state index in [1.165, 1.54) is 6.92 Å². The van der Waals surface area contributed by atoms with E-state index in [2.05, 4.69) is 10.6 Å². The van der Waals surface area contributed by atoms with Crippen molar-refractivity contribution < 1.29 is 19.5 Å². The Bertz CT molecular complexity index is 808. The number of hydrogen-bond donors (Lipinski definition) is 3. The third-order valence-electron chi connectivity index (χ3n) is 4.13. The Balaban J connectivity index is 1.99. The Morgan fingerprint density at radius 2 is 1.58 bits per heavy atom. The maximum absolute atomic E-state index is 12.3. The van der Waals surface area contributed by atoms with Crippen LogP contribution in [0.5, 0.6) is 0 Å². The molecular weight excluding hydrogens is 332 g/mol. The van der Waals surface area contributed by atoms with E-state index in [9.17, 15) is 14.4 Å². The minimum absolute atomic E-state index is 0.140. The first-order chi connectivity index (χ1) is 12.3. The van der Waals surface area contributed by atoms with Crippen LogP contribution in [0.2, 0.25) is 0 Å². The van der Waals surface area contributed by atoms with E-state index >= 15 is 0 Å². The molecule has 1 atom stereocenters. The predicted octanol–water partition coefficient (Wildman–Crippen LogP) is 2.69. The van der Waals surface area contributed by atoms with Gasteiger partial charge in [0.2, 0.25) is 5.91 Å². The van der Waals surface area contributed by atoms with Crippen molar-refractivity contribution in [2.45, 2.75) is 33.2 Å². The van der Waals surface area contributed by atoms with E-state index in [0.717, 1.165) is 16.7 Å². The van der Waals surface area contributed by atoms with Gasteiger partial charge in [-0.25, -0.2) is 0 Å². The zero-order valence-electron chi connectivity index (χ0n) is 15.0. The fourth-order valence-electron chi connectivity index (χ4n) is 2.54. The number of rotatable bonds is 6. The summed E-state index contributed by atoms with van der Waals surface area (Å²) < 4.78 is 0. The van der Waals surface area contributed by atoms with Crippen molar-refractivity contribution in [1.82, 2.24) is 5.32 Å². The Kier molecular flexibility index (Phi) is 6.11. The van der Waals surface area contributed by atoms with Gasteiger partial charge in [-0.05, 0) is 61.7 Å². The Labute approximate surface area is 152 Å². The number of hydrogen-bond acceptors (Lipinski definition) is 3. The average Bonchev–Trinajstić information content (AvgIpc) is 2.58. The second-order valence-electron chi connectivity index (χ2n) is 6.21. The second kappa shape index (κ2) is 8.29. The zero-order valence-corrected chi connectivity index (χ0v) is 15.0. The van der Waals surface area contributed by atoms with E-state index in [0.29, 0.717) is 11.3 Å². The van der Waals surface area contributed by atoms with Gasteiger partial charge in [-0.15, -0.1) is 0 Å². The van der Waals surface area contributed by atoms with Gasteiger partial charge in [0.1, 0.15) is 6.04 Å². The molecule has 0 aliphatic heterocycles. The van der Waals surface area contributed by atoms with Gasteiger partial charge in [0.15, 0.2) is 0 Å². The van der Waals surface area contributed by atoms with Crippen LogP contribution < -0.4 is 10.6 Å². The van der Waals surface area contributed by atoms with Gasteiger partial charge in [0.25, 0.3) is 5.91 Å². The molecule has 0 aliphatic carbocycles. The summed E-state index contributed by atoms with van der Waals surface area (Å²) in [6.07, 6.45) is 0.275. The molecule has 0 radical (unpaired) electrons. The SMILES string of the molecule is Cc1cccc(C)c1CC(=O)Nc1ccc(C(=O)NC(C)C(=O)O)cc1. The average molecular weight is 354 g/mol. The van der Waals surface area contributed by atoms with Crippen LogP contribution in [0.1, 0.15) is 34.0 Å². The molecule has 26 heavy (non-hydrogen) atoms. The summed E-state index contributed by atoms with van der Waals surface area (Å²) >= 11 is 0. The van der Waals surface area contributed by atoms with E-state index < -0.39 is 17.9 Å². The lowest BCUT2D eigenvalue weighted by Crippen LogP contribution is -2.38. The first-order valence-corrected chi connectivity index (χ1v) is 8.26. The number of amides is 2. The van der Waals surface area contributed by atoms with Crippen LogP contribution in [0.15, 0.2) is 42.5 Å². The molecule has 0 bridgehead atoms. The first-order valence-electron chi connectivity index (χ1n) is 8.26. The normalized spacial score (nSPS) is 11.5. The molecule has 136 valence electrons. The van der Waals surface area contributed by atoms with Crippen LogP contribution >= 0.6 is 0 Å². The highest BCUT2D eigenvalue weighted by molar-refractivity contribution is 5.97. The summed E-state index contributed by atoms with van der Waals surface area (Å²) in [7, 11) is 0. The fraction of sp³-hybridized carbons (Fsp3) is 0.250. The van der Waals surface area contributed by atoms with Crippen molar-refractivity contribution in [3.05, 3.63) is 64.7 Å². The summed E-state index contributed by atoms with van der Waals surface area (Å²) in [5.74, 6) is -1.72. The van der Waals surface area contributed by atoms with Crippen LogP contribution in [0.4, 0.5) is 5.69 Å². The van der Waals surface area contributed by atoms with E-state index in [4.69, 9.17) is 5.11 Å². The molecule has 0 aromatic heterocycles. The van der Waals surface area contributed by atoms with E-state index in [-0.39, 0.29) is 12.3 Å². The Morgan fingerprint density at radius 1 is 1.00 bits per heavy atom. The standard InChI is InChI=1S/C20H22N2O4/c1-12-5-4-6-13(2)17(12)11-18(23)22-16-9-7-15(8-10-16)19(24)21-14(3)20(25)26/h4-10,14H,11H2,1-3H3,(H,21,24)(H,22,23)(H,25,26). The summed E-state index contributed by atoms with van der Waals surface area (Å²) in [4.78, 5) is 35.0. The molecule has 1 unspecified atom stereocenters. The van der Waals surface area contributed by atoms with Crippen molar-refractivity contribution >= 4 is 23.5 Å². The molecule has 6 nitrogen and oxygen atoms in total. The summed E-state index contributed by atoms with van der Waals surface area (Å²) in [6, 6.07) is 11.2. The molecule has 0 aliphatic rings. The van der Waals surface area contributed by atoms with Crippen molar-refractivity contribution in [3.8, 4) is 0 Å². The molecule has 2 amide bonds. The van der Waals surface area contributed by atoms with Gasteiger partial charge in [0, 0.05) is 11.3 Å². The van der Waals surface area contributed by atoms with Gasteiger partial charge >= 0.3 is 5.97 Å². The van der Waals surface area contributed by atoms with Crippen molar-refractivity contribution in [2.75, 3.05) is 5.32 Å². The van der Waals surface area contributed by atoms with Gasteiger partial charge in [0.05, 0.1) is 6.42 Å². The molecule has 2 rings (SSSR count). The van der Waals surface area contributed by atoms with Crippen molar-refractivity contribution in [3.63, 3.8) is 0 Å². The summed E-state index contributed by atoms with van der Waals surface area (Å²) in [5, 5.41) is 14.0. The lowest BCUT2D eigenvalue weighted by Gasteiger charge is -2.11. The molecule has 3 N–H and O–H groups in total. The zero-order chi connectivity index (χ0) is 19.3. The van der Waals surface area contributed by atoms with E-state index in [1.807, 2.05) is 32.0 Å². The minimum Gasteiger partial charge on any atom is -0.480 e. The first kappa shape index (κ1) is 19.2. The highest BCUT2D eigenvalue weighted by Gasteiger charge is 2.15. The molecule has 0 fully saturated rings. The molecule has 0 spiro atoms. The number of carboxylic acids is 1. The smallest absolute Gasteiger partial charge is 0.325 e. The van der Waals surface area contributed by atoms with Crippen LogP contribution in [0, 0.1) is 13.8 Å². The monoisotopic (exact) mass is 354 g/mol. The third-order valence-corrected chi connectivity index (χ3v) is 4.13. The molecule has 0 saturated carbocycles. The largest absolute Gasteiger partial charge is 0.480 e. The highest BCUT2D eigenvalue weighted by Crippen LogP contribution is 2.16. The lowest BCUT2D eigenvalue weighted by atomic mass is 10.00. The maximum atomic E-state index is 12.3. The summed E-state index contributed by atoms with van der Waals surface area (Å²) in [5.41, 5.74) is 4.04. The van der Waals surface area contributed by atoms with E-state index in [1.54, 1.807) is 24.3 Å².